The summed E-state index contributed by atoms with van der Waals surface area (Å²) in [4.78, 5) is 13.3. The van der Waals surface area contributed by atoms with Crippen LogP contribution in [0, 0.1) is 11.6 Å². The molecule has 0 aliphatic heterocycles. The summed E-state index contributed by atoms with van der Waals surface area (Å²) in [7, 11) is 0. The molecule has 0 radical (unpaired) electrons. The Balaban J connectivity index is 2.93. The van der Waals surface area contributed by atoms with Crippen LogP contribution in [0.2, 0.25) is 0 Å². The fourth-order valence-corrected chi connectivity index (χ4v) is 1.55. The Morgan fingerprint density at radius 3 is 2.41 bits per heavy atom. The van der Waals surface area contributed by atoms with Crippen molar-refractivity contribution in [2.45, 2.75) is 13.3 Å². The second-order valence-corrected chi connectivity index (χ2v) is 3.62. The van der Waals surface area contributed by atoms with E-state index in [1.165, 1.54) is 11.0 Å². The highest BCUT2D eigenvalue weighted by Crippen LogP contribution is 2.14. The molecular weight excluding hydrogens is 226 g/mol. The number of hydrogen-bond acceptors (Lipinski definition) is 2. The summed E-state index contributed by atoms with van der Waals surface area (Å²) in [6.07, 6.45) is 0.607. The number of nitrogens with two attached hydrogens (primary N) is 1. The molecule has 1 aromatic carbocycles. The quantitative estimate of drug-likeness (QED) is 0.855. The van der Waals surface area contributed by atoms with Gasteiger partial charge in [-0.05, 0) is 32.0 Å². The molecule has 0 saturated heterocycles. The van der Waals surface area contributed by atoms with Crippen LogP contribution < -0.4 is 5.73 Å². The van der Waals surface area contributed by atoms with Crippen LogP contribution in [0.4, 0.5) is 8.78 Å². The first-order valence-corrected chi connectivity index (χ1v) is 5.55. The second kappa shape index (κ2) is 6.30. The molecule has 0 aliphatic carbocycles. The van der Waals surface area contributed by atoms with E-state index in [1.54, 1.807) is 6.92 Å². The molecule has 0 spiro atoms. The summed E-state index contributed by atoms with van der Waals surface area (Å²) < 4.78 is 26.8. The molecule has 0 bridgehead atoms. The summed E-state index contributed by atoms with van der Waals surface area (Å²) in [5, 5.41) is 0. The standard InChI is InChI=1S/C12H16F2N2O/c1-2-16(8-4-7-15)12(17)11-9(13)5-3-6-10(11)14/h3,5-6H,2,4,7-8,15H2,1H3. The third-order valence-electron chi connectivity index (χ3n) is 2.48. The monoisotopic (exact) mass is 242 g/mol. The predicted molar refractivity (Wildman–Crippen MR) is 61.6 cm³/mol. The first-order valence-electron chi connectivity index (χ1n) is 5.55. The first-order chi connectivity index (χ1) is 8.11. The molecule has 0 atom stereocenters. The Morgan fingerprint density at radius 2 is 1.94 bits per heavy atom. The van der Waals surface area contributed by atoms with Crippen molar-refractivity contribution in [1.82, 2.24) is 4.90 Å². The Morgan fingerprint density at radius 1 is 1.35 bits per heavy atom. The van der Waals surface area contributed by atoms with Crippen LogP contribution in [0.1, 0.15) is 23.7 Å². The summed E-state index contributed by atoms with van der Waals surface area (Å²) in [5.41, 5.74) is 4.85. The number of amides is 1. The average molecular weight is 242 g/mol. The third kappa shape index (κ3) is 3.23. The van der Waals surface area contributed by atoms with Crippen molar-refractivity contribution in [2.75, 3.05) is 19.6 Å². The maximum absolute atomic E-state index is 13.4. The molecule has 0 saturated carbocycles. The van der Waals surface area contributed by atoms with Gasteiger partial charge in [0.1, 0.15) is 17.2 Å². The highest BCUT2D eigenvalue weighted by atomic mass is 19.1. The molecule has 0 unspecified atom stereocenters. The van der Waals surface area contributed by atoms with Crippen LogP contribution in [0.5, 0.6) is 0 Å². The number of carbonyl (C=O) groups excluding carboxylic acids is 1. The van der Waals surface area contributed by atoms with Gasteiger partial charge >= 0.3 is 0 Å². The van der Waals surface area contributed by atoms with Gasteiger partial charge in [0.05, 0.1) is 0 Å². The minimum absolute atomic E-state index is 0.395. The number of hydrogen-bond donors (Lipinski definition) is 1. The molecule has 1 amide bonds. The molecule has 0 heterocycles. The van der Waals surface area contributed by atoms with Crippen LogP contribution in [0.3, 0.4) is 0 Å². The Kier molecular flexibility index (Phi) is 5.03. The summed E-state index contributed by atoms with van der Waals surface area (Å²) >= 11 is 0. The van der Waals surface area contributed by atoms with Gasteiger partial charge in [-0.15, -0.1) is 0 Å². The lowest BCUT2D eigenvalue weighted by Gasteiger charge is -2.21. The van der Waals surface area contributed by atoms with Gasteiger partial charge < -0.3 is 10.6 Å². The number of nitrogens with zero attached hydrogens (tertiary/aromatic N) is 1. The molecule has 5 heteroatoms. The van der Waals surface area contributed by atoms with Gasteiger partial charge in [-0.25, -0.2) is 8.78 Å². The smallest absolute Gasteiger partial charge is 0.259 e. The van der Waals surface area contributed by atoms with Crippen molar-refractivity contribution in [3.63, 3.8) is 0 Å². The van der Waals surface area contributed by atoms with Gasteiger partial charge in [-0.3, -0.25) is 4.79 Å². The van der Waals surface area contributed by atoms with Crippen molar-refractivity contribution in [2.24, 2.45) is 5.73 Å². The zero-order valence-electron chi connectivity index (χ0n) is 9.75. The molecule has 0 aliphatic rings. The third-order valence-corrected chi connectivity index (χ3v) is 2.48. The Hall–Kier alpha value is -1.49. The lowest BCUT2D eigenvalue weighted by Crippen LogP contribution is -2.34. The maximum Gasteiger partial charge on any atom is 0.259 e. The molecule has 1 aromatic rings. The van der Waals surface area contributed by atoms with E-state index in [1.807, 2.05) is 0 Å². The van der Waals surface area contributed by atoms with Gasteiger partial charge in [0.2, 0.25) is 0 Å². The van der Waals surface area contributed by atoms with E-state index in [0.717, 1.165) is 12.1 Å². The normalized spacial score (nSPS) is 10.4. The van der Waals surface area contributed by atoms with Gasteiger partial charge in [0, 0.05) is 13.1 Å². The summed E-state index contributed by atoms with van der Waals surface area (Å²) in [6.45, 7) is 2.99. The van der Waals surface area contributed by atoms with Crippen molar-refractivity contribution in [1.29, 1.82) is 0 Å². The largest absolute Gasteiger partial charge is 0.339 e. The van der Waals surface area contributed by atoms with E-state index in [2.05, 4.69) is 0 Å². The minimum Gasteiger partial charge on any atom is -0.339 e. The average Bonchev–Trinajstić information content (AvgIpc) is 2.30. The van der Waals surface area contributed by atoms with Gasteiger partial charge in [-0.2, -0.15) is 0 Å². The SMILES string of the molecule is CCN(CCCN)C(=O)c1c(F)cccc1F. The Labute approximate surface area is 99.2 Å². The highest BCUT2D eigenvalue weighted by molar-refractivity contribution is 5.94. The van der Waals surface area contributed by atoms with Crippen LogP contribution in [-0.4, -0.2) is 30.4 Å². The predicted octanol–water partition coefficient (Wildman–Crippen LogP) is 1.78. The molecule has 1 rings (SSSR count). The zero-order chi connectivity index (χ0) is 12.8. The van der Waals surface area contributed by atoms with E-state index in [-0.39, 0.29) is 0 Å². The van der Waals surface area contributed by atoms with Crippen molar-refractivity contribution in [3.8, 4) is 0 Å². The van der Waals surface area contributed by atoms with Gasteiger partial charge in [0.25, 0.3) is 5.91 Å². The van der Waals surface area contributed by atoms with E-state index >= 15 is 0 Å². The lowest BCUT2D eigenvalue weighted by molar-refractivity contribution is 0.0754. The molecule has 0 fully saturated rings. The van der Waals surface area contributed by atoms with Crippen molar-refractivity contribution >= 4 is 5.91 Å². The molecule has 2 N–H and O–H groups in total. The minimum atomic E-state index is -0.832. The zero-order valence-corrected chi connectivity index (χ0v) is 9.75. The summed E-state index contributed by atoms with van der Waals surface area (Å²) in [6, 6.07) is 3.39. The maximum atomic E-state index is 13.4. The van der Waals surface area contributed by atoms with E-state index in [0.29, 0.717) is 26.1 Å². The van der Waals surface area contributed by atoms with Crippen molar-refractivity contribution in [3.05, 3.63) is 35.4 Å². The fourth-order valence-electron chi connectivity index (χ4n) is 1.55. The second-order valence-electron chi connectivity index (χ2n) is 3.62. The highest BCUT2D eigenvalue weighted by Gasteiger charge is 2.21. The molecule has 3 nitrogen and oxygen atoms in total. The Bertz CT molecular complexity index is 376. The number of carbonyl (C=O) groups is 1. The van der Waals surface area contributed by atoms with E-state index < -0.39 is 23.1 Å². The van der Waals surface area contributed by atoms with E-state index in [9.17, 15) is 13.6 Å². The van der Waals surface area contributed by atoms with Crippen LogP contribution in [0.15, 0.2) is 18.2 Å². The van der Waals surface area contributed by atoms with Gasteiger partial charge in [-0.1, -0.05) is 6.07 Å². The topological polar surface area (TPSA) is 46.3 Å². The van der Waals surface area contributed by atoms with Crippen LogP contribution in [-0.2, 0) is 0 Å². The van der Waals surface area contributed by atoms with Crippen LogP contribution in [0.25, 0.3) is 0 Å². The molecule has 17 heavy (non-hydrogen) atoms. The number of halogens is 2. The van der Waals surface area contributed by atoms with E-state index in [4.69, 9.17) is 5.73 Å². The number of benzene rings is 1. The van der Waals surface area contributed by atoms with Crippen LogP contribution >= 0.6 is 0 Å². The fraction of sp³-hybridized carbons (Fsp3) is 0.417. The van der Waals surface area contributed by atoms with Gasteiger partial charge in [0.15, 0.2) is 0 Å². The number of rotatable bonds is 5. The lowest BCUT2D eigenvalue weighted by atomic mass is 10.1. The molecular formula is C12H16F2N2O. The molecule has 0 aromatic heterocycles. The first kappa shape index (κ1) is 13.6. The van der Waals surface area contributed by atoms with Crippen molar-refractivity contribution < 1.29 is 13.6 Å². The summed E-state index contributed by atoms with van der Waals surface area (Å²) in [5.74, 6) is -2.29. The molecule has 94 valence electrons.